The Balaban J connectivity index is 2.06. The van der Waals surface area contributed by atoms with Gasteiger partial charge in [-0.2, -0.15) is 0 Å². The van der Waals surface area contributed by atoms with Crippen molar-refractivity contribution in [2.24, 2.45) is 5.92 Å². The summed E-state index contributed by atoms with van der Waals surface area (Å²) in [4.78, 5) is 0. The summed E-state index contributed by atoms with van der Waals surface area (Å²) >= 11 is 0. The average molecular weight is 231 g/mol. The fraction of sp³-hybridized carbons (Fsp3) is 0.625. The maximum atomic E-state index is 3.80. The zero-order valence-electron chi connectivity index (χ0n) is 11.6. The van der Waals surface area contributed by atoms with Crippen LogP contribution in [0, 0.1) is 19.8 Å². The van der Waals surface area contributed by atoms with E-state index in [4.69, 9.17) is 0 Å². The molecule has 17 heavy (non-hydrogen) atoms. The average Bonchev–Trinajstić information content (AvgIpc) is 2.63. The van der Waals surface area contributed by atoms with Gasteiger partial charge in [-0.3, -0.25) is 0 Å². The fourth-order valence-corrected chi connectivity index (χ4v) is 3.07. The monoisotopic (exact) mass is 231 g/mol. The van der Waals surface area contributed by atoms with Crippen molar-refractivity contribution in [1.29, 1.82) is 0 Å². The van der Waals surface area contributed by atoms with Gasteiger partial charge in [-0.05, 0) is 45.1 Å². The van der Waals surface area contributed by atoms with E-state index in [9.17, 15) is 0 Å². The Kier molecular flexibility index (Phi) is 3.88. The zero-order chi connectivity index (χ0) is 12.4. The summed E-state index contributed by atoms with van der Waals surface area (Å²) in [5.74, 6) is 0.836. The first kappa shape index (κ1) is 12.6. The first-order chi connectivity index (χ1) is 8.06. The van der Waals surface area contributed by atoms with E-state index in [1.165, 1.54) is 36.0 Å². The van der Waals surface area contributed by atoms with Crippen molar-refractivity contribution in [3.05, 3.63) is 34.9 Å². The van der Waals surface area contributed by atoms with Crippen LogP contribution in [0.25, 0.3) is 0 Å². The molecule has 1 aromatic carbocycles. The fourth-order valence-electron chi connectivity index (χ4n) is 3.07. The van der Waals surface area contributed by atoms with Crippen LogP contribution in [0.1, 0.15) is 55.8 Å². The Bertz CT molecular complexity index is 363. The second kappa shape index (κ2) is 5.22. The first-order valence-electron chi connectivity index (χ1n) is 6.90. The molecule has 0 spiro atoms. The van der Waals surface area contributed by atoms with E-state index in [-0.39, 0.29) is 0 Å². The van der Waals surface area contributed by atoms with Crippen LogP contribution in [-0.4, -0.2) is 6.04 Å². The number of hydrogen-bond donors (Lipinski definition) is 1. The van der Waals surface area contributed by atoms with E-state index in [2.05, 4.69) is 51.2 Å². The molecule has 94 valence electrons. The van der Waals surface area contributed by atoms with Crippen molar-refractivity contribution in [2.45, 2.75) is 59.0 Å². The molecule has 1 heteroatoms. The van der Waals surface area contributed by atoms with Gasteiger partial charge in [0.1, 0.15) is 0 Å². The van der Waals surface area contributed by atoms with Gasteiger partial charge in [0.2, 0.25) is 0 Å². The Labute approximate surface area is 106 Å². The van der Waals surface area contributed by atoms with E-state index in [0.717, 1.165) is 5.92 Å². The van der Waals surface area contributed by atoms with Gasteiger partial charge in [0.15, 0.2) is 0 Å². The molecule has 0 radical (unpaired) electrons. The van der Waals surface area contributed by atoms with Gasteiger partial charge in [0, 0.05) is 12.1 Å². The van der Waals surface area contributed by atoms with Gasteiger partial charge in [0.05, 0.1) is 0 Å². The molecule has 1 nitrogen and oxygen atoms in total. The summed E-state index contributed by atoms with van der Waals surface area (Å²) in [6, 6.07) is 8.05. The van der Waals surface area contributed by atoms with E-state index in [0.29, 0.717) is 12.1 Å². The summed E-state index contributed by atoms with van der Waals surface area (Å²) in [5, 5.41) is 3.80. The molecule has 0 bridgehead atoms. The predicted octanol–water partition coefficient (Wildman–Crippen LogP) is 4.14. The van der Waals surface area contributed by atoms with Gasteiger partial charge >= 0.3 is 0 Å². The standard InChI is InChI=1S/C16H25N/c1-11-8-12(2)10-15(9-11)14(4)17-16-7-5-6-13(16)3/h8-10,13-14,16-17H,5-7H2,1-4H3. The van der Waals surface area contributed by atoms with Crippen LogP contribution < -0.4 is 5.32 Å². The van der Waals surface area contributed by atoms with Gasteiger partial charge < -0.3 is 5.32 Å². The Morgan fingerprint density at radius 1 is 1.12 bits per heavy atom. The molecule has 1 aliphatic rings. The Morgan fingerprint density at radius 2 is 1.76 bits per heavy atom. The molecule has 0 heterocycles. The highest BCUT2D eigenvalue weighted by Crippen LogP contribution is 2.27. The van der Waals surface area contributed by atoms with Gasteiger partial charge in [-0.25, -0.2) is 0 Å². The van der Waals surface area contributed by atoms with Crippen molar-refractivity contribution in [3.63, 3.8) is 0 Å². The highest BCUT2D eigenvalue weighted by Gasteiger charge is 2.24. The highest BCUT2D eigenvalue weighted by molar-refractivity contribution is 5.30. The molecule has 1 fully saturated rings. The topological polar surface area (TPSA) is 12.0 Å². The molecule has 1 N–H and O–H groups in total. The molecule has 0 saturated heterocycles. The molecular weight excluding hydrogens is 206 g/mol. The molecule has 0 aromatic heterocycles. The molecule has 3 unspecified atom stereocenters. The van der Waals surface area contributed by atoms with E-state index >= 15 is 0 Å². The molecule has 1 aliphatic carbocycles. The minimum absolute atomic E-state index is 0.471. The van der Waals surface area contributed by atoms with E-state index in [1.54, 1.807) is 0 Å². The third-order valence-corrected chi connectivity index (χ3v) is 4.07. The number of nitrogens with one attached hydrogen (secondary N) is 1. The van der Waals surface area contributed by atoms with Crippen LogP contribution >= 0.6 is 0 Å². The molecule has 1 aromatic rings. The lowest BCUT2D eigenvalue weighted by atomic mass is 10.00. The van der Waals surface area contributed by atoms with Crippen LogP contribution in [0.2, 0.25) is 0 Å². The van der Waals surface area contributed by atoms with E-state index < -0.39 is 0 Å². The summed E-state index contributed by atoms with van der Waals surface area (Å²) < 4.78 is 0. The minimum Gasteiger partial charge on any atom is -0.307 e. The maximum absolute atomic E-state index is 3.80. The second-order valence-electron chi connectivity index (χ2n) is 5.82. The van der Waals surface area contributed by atoms with Crippen molar-refractivity contribution < 1.29 is 0 Å². The number of benzene rings is 1. The zero-order valence-corrected chi connectivity index (χ0v) is 11.6. The van der Waals surface area contributed by atoms with Crippen LogP contribution in [0.5, 0.6) is 0 Å². The third kappa shape index (κ3) is 3.10. The lowest BCUT2D eigenvalue weighted by molar-refractivity contribution is 0.388. The van der Waals surface area contributed by atoms with Crippen LogP contribution in [0.4, 0.5) is 0 Å². The summed E-state index contributed by atoms with van der Waals surface area (Å²) in [7, 11) is 0. The lowest BCUT2D eigenvalue weighted by Gasteiger charge is -2.23. The number of hydrogen-bond acceptors (Lipinski definition) is 1. The van der Waals surface area contributed by atoms with Crippen molar-refractivity contribution >= 4 is 0 Å². The smallest absolute Gasteiger partial charge is 0.0294 e. The highest BCUT2D eigenvalue weighted by atomic mass is 15.0. The Morgan fingerprint density at radius 3 is 2.29 bits per heavy atom. The van der Waals surface area contributed by atoms with Crippen LogP contribution in [0.3, 0.4) is 0 Å². The van der Waals surface area contributed by atoms with Gasteiger partial charge in [-0.15, -0.1) is 0 Å². The van der Waals surface area contributed by atoms with Crippen LogP contribution in [0.15, 0.2) is 18.2 Å². The largest absolute Gasteiger partial charge is 0.307 e. The molecule has 0 aliphatic heterocycles. The molecular formula is C16H25N. The van der Waals surface area contributed by atoms with Crippen LogP contribution in [-0.2, 0) is 0 Å². The second-order valence-corrected chi connectivity index (χ2v) is 5.82. The van der Waals surface area contributed by atoms with Gasteiger partial charge in [-0.1, -0.05) is 42.7 Å². The van der Waals surface area contributed by atoms with Gasteiger partial charge in [0.25, 0.3) is 0 Å². The third-order valence-electron chi connectivity index (χ3n) is 4.07. The molecule has 2 rings (SSSR count). The van der Waals surface area contributed by atoms with Crippen molar-refractivity contribution in [1.82, 2.24) is 5.32 Å². The quantitative estimate of drug-likeness (QED) is 0.824. The predicted molar refractivity (Wildman–Crippen MR) is 74.3 cm³/mol. The SMILES string of the molecule is Cc1cc(C)cc(C(C)NC2CCCC2C)c1. The summed E-state index contributed by atoms with van der Waals surface area (Å²) in [6.45, 7) is 9.03. The summed E-state index contributed by atoms with van der Waals surface area (Å²) in [5.41, 5.74) is 4.17. The Hall–Kier alpha value is -0.820. The van der Waals surface area contributed by atoms with Crippen molar-refractivity contribution in [3.8, 4) is 0 Å². The van der Waals surface area contributed by atoms with Crippen molar-refractivity contribution in [2.75, 3.05) is 0 Å². The molecule has 3 atom stereocenters. The first-order valence-corrected chi connectivity index (χ1v) is 6.90. The number of rotatable bonds is 3. The normalized spacial score (nSPS) is 26.1. The number of aryl methyl sites for hydroxylation is 2. The molecule has 0 amide bonds. The minimum atomic E-state index is 0.471. The summed E-state index contributed by atoms with van der Waals surface area (Å²) in [6.07, 6.45) is 4.12. The van der Waals surface area contributed by atoms with E-state index in [1.807, 2.05) is 0 Å². The lowest BCUT2D eigenvalue weighted by Crippen LogP contribution is -2.33. The molecule has 1 saturated carbocycles. The maximum Gasteiger partial charge on any atom is 0.0294 e.